The van der Waals surface area contributed by atoms with Crippen LogP contribution in [0, 0.1) is 0 Å². The fourth-order valence-electron chi connectivity index (χ4n) is 4.21. The summed E-state index contributed by atoms with van der Waals surface area (Å²) in [4.78, 5) is 28.1. The van der Waals surface area contributed by atoms with Gasteiger partial charge in [-0.1, -0.05) is 41.9 Å². The molecule has 3 aromatic rings. The van der Waals surface area contributed by atoms with Crippen molar-refractivity contribution in [3.05, 3.63) is 81.9 Å². The normalized spacial score (nSPS) is 16.1. The number of benzene rings is 3. The smallest absolute Gasteiger partial charge is 0.258 e. The van der Waals surface area contributed by atoms with Crippen LogP contribution in [-0.4, -0.2) is 39.8 Å². The van der Waals surface area contributed by atoms with Crippen LogP contribution < -0.4 is 14.8 Å². The summed E-state index contributed by atoms with van der Waals surface area (Å²) in [6, 6.07) is 14.4. The average Bonchev–Trinajstić information content (AvgIpc) is 3.31. The highest BCUT2D eigenvalue weighted by Crippen LogP contribution is 2.34. The van der Waals surface area contributed by atoms with E-state index >= 15 is 0 Å². The van der Waals surface area contributed by atoms with Crippen LogP contribution >= 0.6 is 11.6 Å². The van der Waals surface area contributed by atoms with Gasteiger partial charge in [0.25, 0.3) is 5.91 Å². The van der Waals surface area contributed by atoms with Gasteiger partial charge in [0.1, 0.15) is 17.5 Å². The molecule has 0 radical (unpaired) electrons. The van der Waals surface area contributed by atoms with Crippen molar-refractivity contribution in [2.75, 3.05) is 6.79 Å². The first kappa shape index (κ1) is 21.9. The number of amides is 2. The number of phenolic OH excluding ortho intramolecular Hbond substituents is 2. The molecule has 0 fully saturated rings. The zero-order valence-corrected chi connectivity index (χ0v) is 18.7. The second-order valence-electron chi connectivity index (χ2n) is 8.15. The van der Waals surface area contributed by atoms with Crippen molar-refractivity contribution in [1.82, 2.24) is 10.2 Å². The van der Waals surface area contributed by atoms with E-state index in [1.807, 2.05) is 30.3 Å². The number of aromatic hydroxyl groups is 2. The van der Waals surface area contributed by atoms with Gasteiger partial charge in [0.05, 0.1) is 10.6 Å². The summed E-state index contributed by atoms with van der Waals surface area (Å²) in [6.45, 7) is 0.596. The van der Waals surface area contributed by atoms with Crippen molar-refractivity contribution in [2.24, 2.45) is 0 Å². The third kappa shape index (κ3) is 4.08. The topological polar surface area (TPSA) is 108 Å². The van der Waals surface area contributed by atoms with E-state index in [1.54, 1.807) is 12.1 Å². The predicted molar refractivity (Wildman–Crippen MR) is 123 cm³/mol. The Hall–Kier alpha value is -3.91. The van der Waals surface area contributed by atoms with E-state index in [-0.39, 0.29) is 42.1 Å². The number of carbonyl (C=O) groups is 2. The lowest BCUT2D eigenvalue weighted by molar-refractivity contribution is -0.126. The molecule has 0 unspecified atom stereocenters. The van der Waals surface area contributed by atoms with Gasteiger partial charge in [0.2, 0.25) is 12.7 Å². The van der Waals surface area contributed by atoms with E-state index in [0.29, 0.717) is 17.9 Å². The molecule has 8 nitrogen and oxygen atoms in total. The first-order valence-electron chi connectivity index (χ1n) is 10.7. The number of hydrogen-bond acceptors (Lipinski definition) is 6. The summed E-state index contributed by atoms with van der Waals surface area (Å²) >= 11 is 5.98. The molecule has 0 saturated heterocycles. The number of hydrogen-bond donors (Lipinski definition) is 3. The van der Waals surface area contributed by atoms with Crippen LogP contribution in [0.5, 0.6) is 23.0 Å². The Kier molecular flexibility index (Phi) is 5.67. The Morgan fingerprint density at radius 3 is 2.59 bits per heavy atom. The lowest BCUT2D eigenvalue weighted by Gasteiger charge is -2.36. The number of nitrogens with one attached hydrogen (secondary N) is 1. The molecule has 174 valence electrons. The number of rotatable bonds is 4. The molecule has 3 aromatic carbocycles. The maximum Gasteiger partial charge on any atom is 0.258 e. The minimum absolute atomic E-state index is 0.0673. The van der Waals surface area contributed by atoms with Gasteiger partial charge in [-0.25, -0.2) is 0 Å². The number of phenols is 2. The fourth-order valence-corrected chi connectivity index (χ4v) is 4.37. The predicted octanol–water partition coefficient (Wildman–Crippen LogP) is 3.36. The summed E-state index contributed by atoms with van der Waals surface area (Å²) in [5.41, 5.74) is 2.63. The Morgan fingerprint density at radius 2 is 1.76 bits per heavy atom. The molecule has 9 heteroatoms. The fraction of sp³-hybridized carbons (Fsp3) is 0.200. The van der Waals surface area contributed by atoms with Gasteiger partial charge in [-0.2, -0.15) is 0 Å². The molecule has 1 atom stereocenters. The molecule has 3 N–H and O–H groups in total. The summed E-state index contributed by atoms with van der Waals surface area (Å²) in [5.74, 6) is -0.358. The Balaban J connectivity index is 1.40. The number of carbonyl (C=O) groups excluding carboxylic acids is 2. The summed E-state index contributed by atoms with van der Waals surface area (Å²) in [5, 5.41) is 22.8. The van der Waals surface area contributed by atoms with Crippen molar-refractivity contribution in [2.45, 2.75) is 25.6 Å². The Bertz CT molecular complexity index is 1290. The van der Waals surface area contributed by atoms with Crippen LogP contribution in [0.15, 0.2) is 54.6 Å². The van der Waals surface area contributed by atoms with Crippen molar-refractivity contribution in [3.63, 3.8) is 0 Å². The lowest BCUT2D eigenvalue weighted by atomic mass is 9.92. The highest BCUT2D eigenvalue weighted by Gasteiger charge is 2.36. The molecule has 2 aliphatic heterocycles. The SMILES string of the molecule is O=C(NCc1ccc2c(c1)OCO2)[C@H]1Cc2ccccc2CN1C(=O)c1cc(Cl)c(O)cc1O. The minimum atomic E-state index is -0.802. The zero-order valence-electron chi connectivity index (χ0n) is 18.0. The molecule has 2 heterocycles. The zero-order chi connectivity index (χ0) is 23.8. The number of nitrogens with zero attached hydrogens (tertiary/aromatic N) is 1. The Labute approximate surface area is 200 Å². The number of fused-ring (bicyclic) bond motifs is 2. The van der Waals surface area contributed by atoms with E-state index in [1.165, 1.54) is 11.0 Å². The van der Waals surface area contributed by atoms with Crippen molar-refractivity contribution in [3.8, 4) is 23.0 Å². The third-order valence-electron chi connectivity index (χ3n) is 6.01. The molecule has 0 spiro atoms. The molecular weight excluding hydrogens is 460 g/mol. The van der Waals surface area contributed by atoms with Gasteiger partial charge in [0.15, 0.2) is 11.5 Å². The summed E-state index contributed by atoms with van der Waals surface area (Å²) < 4.78 is 10.7. The second-order valence-corrected chi connectivity index (χ2v) is 8.56. The average molecular weight is 481 g/mol. The van der Waals surface area contributed by atoms with Crippen LogP contribution in [0.2, 0.25) is 5.02 Å². The monoisotopic (exact) mass is 480 g/mol. The van der Waals surface area contributed by atoms with Crippen LogP contribution in [0.3, 0.4) is 0 Å². The van der Waals surface area contributed by atoms with Crippen LogP contribution in [0.1, 0.15) is 27.0 Å². The molecule has 0 saturated carbocycles. The molecule has 2 aliphatic rings. The van der Waals surface area contributed by atoms with E-state index in [0.717, 1.165) is 22.8 Å². The second kappa shape index (κ2) is 8.79. The first-order valence-corrected chi connectivity index (χ1v) is 11.0. The van der Waals surface area contributed by atoms with Crippen LogP contribution in [-0.2, 0) is 24.3 Å². The van der Waals surface area contributed by atoms with Crippen molar-refractivity contribution >= 4 is 23.4 Å². The number of ether oxygens (including phenoxy) is 2. The highest BCUT2D eigenvalue weighted by atomic mass is 35.5. The molecule has 0 aliphatic carbocycles. The minimum Gasteiger partial charge on any atom is -0.507 e. The standard InChI is InChI=1S/C25H21ClN2O6/c26-18-9-17(20(29)10-21(18)30)25(32)28-12-16-4-2-1-3-15(16)8-19(28)24(31)27-11-14-5-6-22-23(7-14)34-13-33-22/h1-7,9-10,19,29-30H,8,11-13H2,(H,27,31)/t19-/m1/s1. The molecular formula is C25H21ClN2O6. The third-order valence-corrected chi connectivity index (χ3v) is 6.31. The van der Waals surface area contributed by atoms with Gasteiger partial charge >= 0.3 is 0 Å². The van der Waals surface area contributed by atoms with Gasteiger partial charge < -0.3 is 29.9 Å². The maximum atomic E-state index is 13.4. The van der Waals surface area contributed by atoms with Gasteiger partial charge in [-0.3, -0.25) is 9.59 Å². The highest BCUT2D eigenvalue weighted by molar-refractivity contribution is 6.32. The van der Waals surface area contributed by atoms with Crippen LogP contribution in [0.4, 0.5) is 0 Å². The van der Waals surface area contributed by atoms with Gasteiger partial charge in [0, 0.05) is 25.6 Å². The van der Waals surface area contributed by atoms with Gasteiger partial charge in [-0.05, 0) is 34.9 Å². The molecule has 2 amide bonds. The van der Waals surface area contributed by atoms with E-state index in [2.05, 4.69) is 5.32 Å². The van der Waals surface area contributed by atoms with Crippen molar-refractivity contribution in [1.29, 1.82) is 0 Å². The van der Waals surface area contributed by atoms with E-state index < -0.39 is 17.7 Å². The van der Waals surface area contributed by atoms with E-state index in [4.69, 9.17) is 21.1 Å². The van der Waals surface area contributed by atoms with Gasteiger partial charge in [-0.15, -0.1) is 0 Å². The molecule has 5 rings (SSSR count). The quantitative estimate of drug-likeness (QED) is 0.528. The largest absolute Gasteiger partial charge is 0.507 e. The molecule has 0 bridgehead atoms. The van der Waals surface area contributed by atoms with Crippen molar-refractivity contribution < 1.29 is 29.3 Å². The molecule has 34 heavy (non-hydrogen) atoms. The van der Waals surface area contributed by atoms with E-state index in [9.17, 15) is 19.8 Å². The Morgan fingerprint density at radius 1 is 1.00 bits per heavy atom. The summed E-state index contributed by atoms with van der Waals surface area (Å²) in [6.07, 6.45) is 0.321. The maximum absolute atomic E-state index is 13.4. The molecule has 0 aromatic heterocycles. The lowest BCUT2D eigenvalue weighted by Crippen LogP contribution is -2.52. The first-order chi connectivity index (χ1) is 16.4. The van der Waals surface area contributed by atoms with Crippen LogP contribution in [0.25, 0.3) is 0 Å². The number of halogens is 1. The summed E-state index contributed by atoms with van der Waals surface area (Å²) in [7, 11) is 0.